The van der Waals surface area contributed by atoms with Gasteiger partial charge in [0.1, 0.15) is 5.75 Å². The van der Waals surface area contributed by atoms with Gasteiger partial charge in [0.15, 0.2) is 0 Å². The number of hydrogen-bond acceptors (Lipinski definition) is 5. The van der Waals surface area contributed by atoms with E-state index in [1.807, 2.05) is 0 Å². The van der Waals surface area contributed by atoms with Crippen molar-refractivity contribution in [2.75, 3.05) is 50.6 Å². The Morgan fingerprint density at radius 2 is 1.78 bits per heavy atom. The molecule has 2 aromatic rings. The molecule has 2 aromatic carbocycles. The first kappa shape index (κ1) is 18.7. The van der Waals surface area contributed by atoms with E-state index in [9.17, 15) is 14.7 Å². The fourth-order valence-electron chi connectivity index (χ4n) is 3.05. The predicted molar refractivity (Wildman–Crippen MR) is 104 cm³/mol. The number of carbonyl (C=O) groups is 2. The van der Waals surface area contributed by atoms with Crippen LogP contribution in [0.5, 0.6) is 5.75 Å². The summed E-state index contributed by atoms with van der Waals surface area (Å²) < 4.78 is 5.16. The van der Waals surface area contributed by atoms with Crippen LogP contribution in [-0.2, 0) is 0 Å². The van der Waals surface area contributed by atoms with Gasteiger partial charge in [0, 0.05) is 31.7 Å². The second-order valence-electron chi connectivity index (χ2n) is 6.51. The van der Waals surface area contributed by atoms with Crippen molar-refractivity contribution < 1.29 is 19.4 Å². The molecule has 0 atom stereocenters. The Hall–Kier alpha value is -3.06. The summed E-state index contributed by atoms with van der Waals surface area (Å²) in [6.45, 7) is 3.43. The Morgan fingerprint density at radius 1 is 1.04 bits per heavy atom. The van der Waals surface area contributed by atoms with Crippen LogP contribution in [0.1, 0.15) is 20.7 Å². The van der Waals surface area contributed by atoms with Crippen LogP contribution in [0, 0.1) is 0 Å². The van der Waals surface area contributed by atoms with Crippen LogP contribution in [-0.4, -0.2) is 62.2 Å². The number of aromatic carboxylic acids is 1. The van der Waals surface area contributed by atoms with Crippen molar-refractivity contribution in [2.45, 2.75) is 0 Å². The van der Waals surface area contributed by atoms with Gasteiger partial charge in [-0.3, -0.25) is 4.79 Å². The number of carboxylic acid groups (broad SMARTS) is 1. The normalized spacial score (nSPS) is 14.7. The van der Waals surface area contributed by atoms with Crippen LogP contribution in [0.15, 0.2) is 42.5 Å². The van der Waals surface area contributed by atoms with Gasteiger partial charge in [0.25, 0.3) is 5.91 Å². The SMILES string of the molecule is COc1cccc(C(=O)Nc2cc(C(=O)O)ccc2N2CCN(C)CC2)c1. The average Bonchev–Trinajstić information content (AvgIpc) is 2.68. The topological polar surface area (TPSA) is 82.1 Å². The van der Waals surface area contributed by atoms with E-state index in [2.05, 4.69) is 22.2 Å². The molecular weight excluding hydrogens is 346 g/mol. The van der Waals surface area contributed by atoms with Gasteiger partial charge < -0.3 is 25.0 Å². The summed E-state index contributed by atoms with van der Waals surface area (Å²) in [4.78, 5) is 28.5. The molecule has 1 heterocycles. The molecule has 1 aliphatic heterocycles. The molecule has 3 rings (SSSR count). The maximum Gasteiger partial charge on any atom is 0.335 e. The Labute approximate surface area is 158 Å². The molecule has 0 unspecified atom stereocenters. The van der Waals surface area contributed by atoms with Crippen LogP contribution >= 0.6 is 0 Å². The largest absolute Gasteiger partial charge is 0.497 e. The molecule has 1 saturated heterocycles. The number of amides is 1. The highest BCUT2D eigenvalue weighted by Gasteiger charge is 2.20. The average molecular weight is 369 g/mol. The third-order valence-corrected chi connectivity index (χ3v) is 4.67. The van der Waals surface area contributed by atoms with Crippen molar-refractivity contribution in [3.8, 4) is 5.75 Å². The molecule has 7 heteroatoms. The number of carboxylic acids is 1. The smallest absolute Gasteiger partial charge is 0.335 e. The highest BCUT2D eigenvalue weighted by molar-refractivity contribution is 6.07. The standard InChI is InChI=1S/C20H23N3O4/c1-22-8-10-23(11-9-22)18-7-6-15(20(25)26)13-17(18)21-19(24)14-4-3-5-16(12-14)27-2/h3-7,12-13H,8-11H2,1-2H3,(H,21,24)(H,25,26). The summed E-state index contributed by atoms with van der Waals surface area (Å²) in [7, 11) is 3.61. The van der Waals surface area contributed by atoms with Gasteiger partial charge >= 0.3 is 5.97 Å². The Balaban J connectivity index is 1.90. The van der Waals surface area contributed by atoms with Crippen molar-refractivity contribution in [2.24, 2.45) is 0 Å². The van der Waals surface area contributed by atoms with Crippen molar-refractivity contribution >= 4 is 23.3 Å². The van der Waals surface area contributed by atoms with Gasteiger partial charge in [-0.25, -0.2) is 4.79 Å². The molecule has 0 bridgehead atoms. The van der Waals surface area contributed by atoms with Gasteiger partial charge in [0.05, 0.1) is 24.0 Å². The van der Waals surface area contributed by atoms with Gasteiger partial charge in [-0.1, -0.05) is 6.07 Å². The van der Waals surface area contributed by atoms with Gasteiger partial charge in [0.2, 0.25) is 0 Å². The van der Waals surface area contributed by atoms with E-state index in [4.69, 9.17) is 4.74 Å². The van der Waals surface area contributed by atoms with E-state index < -0.39 is 5.97 Å². The third-order valence-electron chi connectivity index (χ3n) is 4.67. The number of nitrogens with zero attached hydrogens (tertiary/aromatic N) is 2. The summed E-state index contributed by atoms with van der Waals surface area (Å²) in [5.74, 6) is -0.759. The molecule has 27 heavy (non-hydrogen) atoms. The van der Waals surface area contributed by atoms with Gasteiger partial charge in [-0.05, 0) is 43.4 Å². The lowest BCUT2D eigenvalue weighted by Gasteiger charge is -2.35. The minimum Gasteiger partial charge on any atom is -0.497 e. The summed E-state index contributed by atoms with van der Waals surface area (Å²) in [6.07, 6.45) is 0. The fraction of sp³-hybridized carbons (Fsp3) is 0.300. The molecule has 2 N–H and O–H groups in total. The maximum absolute atomic E-state index is 12.7. The quantitative estimate of drug-likeness (QED) is 0.842. The highest BCUT2D eigenvalue weighted by Crippen LogP contribution is 2.29. The van der Waals surface area contributed by atoms with Crippen molar-refractivity contribution in [1.29, 1.82) is 0 Å². The van der Waals surface area contributed by atoms with E-state index in [-0.39, 0.29) is 11.5 Å². The number of methoxy groups -OCH3 is 1. The van der Waals surface area contributed by atoms with Crippen LogP contribution in [0.3, 0.4) is 0 Å². The number of ether oxygens (including phenoxy) is 1. The molecule has 1 aliphatic rings. The van der Waals surface area contributed by atoms with E-state index in [1.54, 1.807) is 43.5 Å². The van der Waals surface area contributed by atoms with E-state index in [0.717, 1.165) is 31.9 Å². The minimum absolute atomic E-state index is 0.133. The third kappa shape index (κ3) is 4.38. The monoisotopic (exact) mass is 369 g/mol. The molecule has 1 fully saturated rings. The number of likely N-dealkylation sites (N-methyl/N-ethyl adjacent to an activating group) is 1. The summed E-state index contributed by atoms with van der Waals surface area (Å²) in [5.41, 5.74) is 1.89. The van der Waals surface area contributed by atoms with Gasteiger partial charge in [-0.2, -0.15) is 0 Å². The summed E-state index contributed by atoms with van der Waals surface area (Å²) >= 11 is 0. The number of benzene rings is 2. The van der Waals surface area contributed by atoms with Crippen molar-refractivity contribution in [1.82, 2.24) is 4.90 Å². The van der Waals surface area contributed by atoms with Crippen molar-refractivity contribution in [3.63, 3.8) is 0 Å². The first-order chi connectivity index (χ1) is 13.0. The minimum atomic E-state index is -1.03. The van der Waals surface area contributed by atoms with Crippen LogP contribution in [0.2, 0.25) is 0 Å². The van der Waals surface area contributed by atoms with Gasteiger partial charge in [-0.15, -0.1) is 0 Å². The highest BCUT2D eigenvalue weighted by atomic mass is 16.5. The van der Waals surface area contributed by atoms with Crippen LogP contribution in [0.25, 0.3) is 0 Å². The zero-order valence-corrected chi connectivity index (χ0v) is 15.4. The first-order valence-electron chi connectivity index (χ1n) is 8.74. The predicted octanol–water partition coefficient (Wildman–Crippen LogP) is 2.40. The maximum atomic E-state index is 12.7. The lowest BCUT2D eigenvalue weighted by atomic mass is 10.1. The zero-order chi connectivity index (χ0) is 19.4. The number of hydrogen-bond donors (Lipinski definition) is 2. The molecule has 1 amide bonds. The molecular formula is C20H23N3O4. The molecule has 142 valence electrons. The number of rotatable bonds is 5. The van der Waals surface area contributed by atoms with E-state index >= 15 is 0 Å². The van der Waals surface area contributed by atoms with Crippen LogP contribution < -0.4 is 15.0 Å². The number of anilines is 2. The zero-order valence-electron chi connectivity index (χ0n) is 15.4. The molecule has 0 saturated carbocycles. The molecule has 0 spiro atoms. The molecule has 0 aromatic heterocycles. The first-order valence-corrected chi connectivity index (χ1v) is 8.74. The molecule has 7 nitrogen and oxygen atoms in total. The number of carbonyl (C=O) groups excluding carboxylic acids is 1. The molecule has 0 aliphatic carbocycles. The lowest BCUT2D eigenvalue weighted by molar-refractivity contribution is 0.0696. The second-order valence-corrected chi connectivity index (χ2v) is 6.51. The Kier molecular flexibility index (Phi) is 5.61. The van der Waals surface area contributed by atoms with E-state index in [1.165, 1.54) is 6.07 Å². The second kappa shape index (κ2) is 8.09. The molecule has 0 radical (unpaired) electrons. The fourth-order valence-corrected chi connectivity index (χ4v) is 3.05. The number of nitrogens with one attached hydrogen (secondary N) is 1. The Bertz CT molecular complexity index is 845. The lowest BCUT2D eigenvalue weighted by Crippen LogP contribution is -2.44. The van der Waals surface area contributed by atoms with Crippen LogP contribution in [0.4, 0.5) is 11.4 Å². The number of piperazine rings is 1. The van der Waals surface area contributed by atoms with Crippen molar-refractivity contribution in [3.05, 3.63) is 53.6 Å². The summed E-state index contributed by atoms with van der Waals surface area (Å²) in [6, 6.07) is 11.7. The Morgan fingerprint density at radius 3 is 2.44 bits per heavy atom. The summed E-state index contributed by atoms with van der Waals surface area (Å²) in [5, 5.41) is 12.2. The van der Waals surface area contributed by atoms with E-state index in [0.29, 0.717) is 17.0 Å².